The number of nitrogens with zero attached hydrogens (tertiary/aromatic N) is 1. The van der Waals surface area contributed by atoms with Gasteiger partial charge in [-0.15, -0.1) is 0 Å². The topological polar surface area (TPSA) is 24.9 Å². The van der Waals surface area contributed by atoms with Gasteiger partial charge in [0, 0.05) is 22.6 Å². The zero-order valence-electron chi connectivity index (χ0n) is 9.94. The third-order valence-corrected chi connectivity index (χ3v) is 3.62. The predicted molar refractivity (Wildman–Crippen MR) is 75.2 cm³/mol. The molecule has 3 heteroatoms. The Kier molecular flexibility index (Phi) is 3.79. The maximum atomic E-state index is 4.13. The molecular weight excluding hydrogens is 276 g/mol. The summed E-state index contributed by atoms with van der Waals surface area (Å²) < 4.78 is 1.14. The van der Waals surface area contributed by atoms with E-state index in [4.69, 9.17) is 0 Å². The molecule has 2 rings (SSSR count). The molecular formula is C14H15BrN2. The molecule has 1 atom stereocenters. The monoisotopic (exact) mass is 290 g/mol. The zero-order chi connectivity index (χ0) is 12.3. The van der Waals surface area contributed by atoms with Crippen LogP contribution in [0.25, 0.3) is 0 Å². The average Bonchev–Trinajstić information content (AvgIpc) is 2.35. The van der Waals surface area contributed by atoms with Crippen LogP contribution in [0, 0.1) is 6.92 Å². The van der Waals surface area contributed by atoms with Crippen LogP contribution in [0.3, 0.4) is 0 Å². The Morgan fingerprint density at radius 1 is 1.29 bits per heavy atom. The maximum absolute atomic E-state index is 4.13. The van der Waals surface area contributed by atoms with E-state index in [1.807, 2.05) is 12.3 Å². The van der Waals surface area contributed by atoms with E-state index in [2.05, 4.69) is 64.3 Å². The highest BCUT2D eigenvalue weighted by Crippen LogP contribution is 2.23. The Morgan fingerprint density at radius 2 is 2.12 bits per heavy atom. The molecule has 1 heterocycles. The van der Waals surface area contributed by atoms with Crippen molar-refractivity contribution in [2.45, 2.75) is 19.9 Å². The summed E-state index contributed by atoms with van der Waals surface area (Å²) in [7, 11) is 0. The molecule has 0 fully saturated rings. The molecule has 1 aromatic carbocycles. The summed E-state index contributed by atoms with van der Waals surface area (Å²) in [5.74, 6) is 0. The van der Waals surface area contributed by atoms with E-state index in [0.717, 1.165) is 10.2 Å². The Balaban J connectivity index is 2.13. The molecule has 0 aliphatic heterocycles. The molecule has 0 saturated carbocycles. The number of benzene rings is 1. The van der Waals surface area contributed by atoms with Crippen molar-refractivity contribution in [2.24, 2.45) is 0 Å². The number of aryl methyl sites for hydroxylation is 1. The van der Waals surface area contributed by atoms with Crippen LogP contribution in [0.1, 0.15) is 24.1 Å². The van der Waals surface area contributed by atoms with Crippen molar-refractivity contribution in [1.29, 1.82) is 0 Å². The van der Waals surface area contributed by atoms with Crippen molar-refractivity contribution in [2.75, 3.05) is 5.32 Å². The first kappa shape index (κ1) is 12.1. The second-order valence-corrected chi connectivity index (χ2v) is 4.97. The third-order valence-electron chi connectivity index (χ3n) is 2.73. The first-order valence-electron chi connectivity index (χ1n) is 5.59. The molecule has 0 radical (unpaired) electrons. The van der Waals surface area contributed by atoms with Gasteiger partial charge in [-0.1, -0.05) is 22.0 Å². The van der Waals surface area contributed by atoms with Gasteiger partial charge in [-0.3, -0.25) is 4.98 Å². The van der Waals surface area contributed by atoms with Crippen molar-refractivity contribution in [3.05, 3.63) is 58.3 Å². The van der Waals surface area contributed by atoms with Crippen LogP contribution in [-0.2, 0) is 0 Å². The number of pyridine rings is 1. The minimum atomic E-state index is 0.254. The highest BCUT2D eigenvalue weighted by Gasteiger charge is 2.05. The van der Waals surface area contributed by atoms with Crippen molar-refractivity contribution < 1.29 is 0 Å². The number of hydrogen-bond acceptors (Lipinski definition) is 2. The molecule has 1 aromatic heterocycles. The molecule has 0 aliphatic rings. The Labute approximate surface area is 110 Å². The highest BCUT2D eigenvalue weighted by atomic mass is 79.9. The highest BCUT2D eigenvalue weighted by molar-refractivity contribution is 9.10. The summed E-state index contributed by atoms with van der Waals surface area (Å²) in [4.78, 5) is 4.13. The van der Waals surface area contributed by atoms with Crippen molar-refractivity contribution in [3.8, 4) is 0 Å². The van der Waals surface area contributed by atoms with Crippen LogP contribution in [0.5, 0.6) is 0 Å². The van der Waals surface area contributed by atoms with Crippen molar-refractivity contribution in [1.82, 2.24) is 4.98 Å². The van der Waals surface area contributed by atoms with Crippen LogP contribution in [0.15, 0.2) is 47.2 Å². The molecule has 1 unspecified atom stereocenters. The van der Waals surface area contributed by atoms with E-state index in [0.29, 0.717) is 0 Å². The first-order valence-corrected chi connectivity index (χ1v) is 6.39. The molecule has 2 nitrogen and oxygen atoms in total. The van der Waals surface area contributed by atoms with Gasteiger partial charge in [0.05, 0.1) is 6.04 Å². The van der Waals surface area contributed by atoms with Gasteiger partial charge in [-0.2, -0.15) is 0 Å². The minimum Gasteiger partial charge on any atom is -0.378 e. The maximum Gasteiger partial charge on any atom is 0.0500 e. The molecule has 1 N–H and O–H groups in total. The van der Waals surface area contributed by atoms with E-state index in [1.165, 1.54) is 11.1 Å². The summed E-state index contributed by atoms with van der Waals surface area (Å²) in [6, 6.07) is 10.6. The molecule has 88 valence electrons. The van der Waals surface area contributed by atoms with Gasteiger partial charge in [0.2, 0.25) is 0 Å². The van der Waals surface area contributed by atoms with Gasteiger partial charge in [0.1, 0.15) is 0 Å². The summed E-state index contributed by atoms with van der Waals surface area (Å²) in [6.07, 6.45) is 3.68. The molecule has 0 amide bonds. The zero-order valence-corrected chi connectivity index (χ0v) is 11.5. The second-order valence-electron chi connectivity index (χ2n) is 4.12. The van der Waals surface area contributed by atoms with E-state index in [-0.39, 0.29) is 6.04 Å². The lowest BCUT2D eigenvalue weighted by Crippen LogP contribution is -2.06. The third kappa shape index (κ3) is 3.07. The summed E-state index contributed by atoms with van der Waals surface area (Å²) in [5.41, 5.74) is 3.54. The average molecular weight is 291 g/mol. The van der Waals surface area contributed by atoms with Gasteiger partial charge in [-0.25, -0.2) is 0 Å². The normalized spacial score (nSPS) is 12.2. The fourth-order valence-corrected chi connectivity index (χ4v) is 1.95. The van der Waals surface area contributed by atoms with Crippen LogP contribution >= 0.6 is 15.9 Å². The quantitative estimate of drug-likeness (QED) is 0.910. The number of anilines is 1. The van der Waals surface area contributed by atoms with Gasteiger partial charge in [-0.05, 0) is 49.2 Å². The molecule has 0 spiro atoms. The largest absolute Gasteiger partial charge is 0.378 e. The van der Waals surface area contributed by atoms with Crippen molar-refractivity contribution in [3.63, 3.8) is 0 Å². The lowest BCUT2D eigenvalue weighted by atomic mass is 10.1. The fraction of sp³-hybridized carbons (Fsp3) is 0.214. The molecule has 17 heavy (non-hydrogen) atoms. The van der Waals surface area contributed by atoms with Crippen LogP contribution in [-0.4, -0.2) is 4.98 Å². The standard InChI is InChI=1S/C14H15BrN2/c1-10-8-13(5-6-14(10)15)17-11(2)12-4-3-7-16-9-12/h3-9,11,17H,1-2H3. The Hall–Kier alpha value is -1.35. The number of nitrogens with one attached hydrogen (secondary N) is 1. The Morgan fingerprint density at radius 3 is 2.76 bits per heavy atom. The number of halogens is 1. The van der Waals surface area contributed by atoms with E-state index in [1.54, 1.807) is 6.20 Å². The van der Waals surface area contributed by atoms with Crippen LogP contribution < -0.4 is 5.32 Å². The first-order chi connectivity index (χ1) is 8.16. The molecule has 0 bridgehead atoms. The second kappa shape index (κ2) is 5.32. The molecule has 0 aliphatic carbocycles. The fourth-order valence-electron chi connectivity index (χ4n) is 1.70. The number of rotatable bonds is 3. The molecule has 2 aromatic rings. The van der Waals surface area contributed by atoms with Crippen molar-refractivity contribution >= 4 is 21.6 Å². The van der Waals surface area contributed by atoms with E-state index in [9.17, 15) is 0 Å². The smallest absolute Gasteiger partial charge is 0.0500 e. The number of aromatic nitrogens is 1. The van der Waals surface area contributed by atoms with Crippen LogP contribution in [0.4, 0.5) is 5.69 Å². The summed E-state index contributed by atoms with van der Waals surface area (Å²) in [5, 5.41) is 3.47. The summed E-state index contributed by atoms with van der Waals surface area (Å²) >= 11 is 3.50. The molecule has 0 saturated heterocycles. The van der Waals surface area contributed by atoms with Crippen LogP contribution in [0.2, 0.25) is 0 Å². The minimum absolute atomic E-state index is 0.254. The van der Waals surface area contributed by atoms with Gasteiger partial charge in [0.15, 0.2) is 0 Å². The summed E-state index contributed by atoms with van der Waals surface area (Å²) in [6.45, 7) is 4.22. The lowest BCUT2D eigenvalue weighted by Gasteiger charge is -2.16. The Bertz CT molecular complexity index is 497. The number of hydrogen-bond donors (Lipinski definition) is 1. The van der Waals surface area contributed by atoms with Gasteiger partial charge < -0.3 is 5.32 Å². The van der Waals surface area contributed by atoms with Gasteiger partial charge >= 0.3 is 0 Å². The van der Waals surface area contributed by atoms with E-state index >= 15 is 0 Å². The SMILES string of the molecule is Cc1cc(NC(C)c2cccnc2)ccc1Br. The van der Waals surface area contributed by atoms with Gasteiger partial charge in [0.25, 0.3) is 0 Å². The predicted octanol–water partition coefficient (Wildman–Crippen LogP) is 4.33. The lowest BCUT2D eigenvalue weighted by molar-refractivity contribution is 0.875. The van der Waals surface area contributed by atoms with E-state index < -0.39 is 0 Å².